The molecule has 25 heavy (non-hydrogen) atoms. The molecule has 1 aromatic carbocycles. The van der Waals surface area contributed by atoms with Crippen LogP contribution in [0.1, 0.15) is 18.0 Å². The smallest absolute Gasteiger partial charge is 0.325 e. The lowest BCUT2D eigenvalue weighted by atomic mass is 10.1. The summed E-state index contributed by atoms with van der Waals surface area (Å²) in [7, 11) is 0. The summed E-state index contributed by atoms with van der Waals surface area (Å²) in [6.07, 6.45) is -3.20. The zero-order valence-corrected chi connectivity index (χ0v) is 13.6. The topological polar surface area (TPSA) is 88.9 Å². The van der Waals surface area contributed by atoms with Crippen LogP contribution in [0.5, 0.6) is 0 Å². The number of para-hydroxylation sites is 1. The number of carbonyl (C=O) groups excluding carboxylic acids is 2. The van der Waals surface area contributed by atoms with Gasteiger partial charge in [-0.15, -0.1) is 5.10 Å². The molecule has 0 unspecified atom stereocenters. The van der Waals surface area contributed by atoms with Gasteiger partial charge in [0.2, 0.25) is 17.0 Å². The third kappa shape index (κ3) is 3.45. The normalized spacial score (nSPS) is 16.5. The molecule has 0 aliphatic carbocycles. The number of nitrogens with zero attached hydrogens (tertiary/aromatic N) is 3. The molecule has 1 aliphatic rings. The van der Waals surface area contributed by atoms with E-state index >= 15 is 0 Å². The first-order valence-corrected chi connectivity index (χ1v) is 8.29. The second-order valence-electron chi connectivity index (χ2n) is 5.17. The maximum atomic E-state index is 13.0. The van der Waals surface area contributed by atoms with E-state index in [-0.39, 0.29) is 18.1 Å². The highest BCUT2D eigenvalue weighted by Gasteiger charge is 2.36. The summed E-state index contributed by atoms with van der Waals surface area (Å²) < 4.78 is 40.2. The molecule has 2 amide bonds. The van der Waals surface area contributed by atoms with Gasteiger partial charge in [-0.3, -0.25) is 14.9 Å². The largest absolute Gasteiger partial charge is 0.418 e. The fourth-order valence-electron chi connectivity index (χ4n) is 2.39. The number of halogens is 3. The first kappa shape index (κ1) is 17.3. The molecule has 7 nitrogen and oxygen atoms in total. The van der Waals surface area contributed by atoms with Gasteiger partial charge in [-0.25, -0.2) is 4.68 Å². The van der Waals surface area contributed by atoms with Gasteiger partial charge in [-0.2, -0.15) is 18.2 Å². The van der Waals surface area contributed by atoms with E-state index in [1.165, 1.54) is 28.6 Å². The number of alkyl halides is 3. The van der Waals surface area contributed by atoms with Crippen molar-refractivity contribution < 1.29 is 22.8 Å². The van der Waals surface area contributed by atoms with Crippen LogP contribution in [0.15, 0.2) is 29.4 Å². The lowest BCUT2D eigenvalue weighted by Crippen LogP contribution is -2.24. The lowest BCUT2D eigenvalue weighted by Gasteiger charge is -2.14. The summed E-state index contributed by atoms with van der Waals surface area (Å²) in [5, 5.41) is 9.20. The lowest BCUT2D eigenvalue weighted by molar-refractivity contribution is -0.137. The number of benzene rings is 1. The van der Waals surface area contributed by atoms with Crippen LogP contribution in [0, 0.1) is 0 Å². The fourth-order valence-corrected chi connectivity index (χ4v) is 2.74. The van der Waals surface area contributed by atoms with Gasteiger partial charge >= 0.3 is 6.18 Å². The van der Waals surface area contributed by atoms with Crippen LogP contribution in [-0.4, -0.2) is 32.8 Å². The Labute approximate surface area is 144 Å². The van der Waals surface area contributed by atoms with Crippen LogP contribution in [0.2, 0.25) is 0 Å². The molecule has 11 heteroatoms. The summed E-state index contributed by atoms with van der Waals surface area (Å²) in [6.45, 7) is 0. The van der Waals surface area contributed by atoms with E-state index < -0.39 is 29.6 Å². The highest BCUT2D eigenvalue weighted by atomic mass is 32.2. The molecule has 0 saturated heterocycles. The van der Waals surface area contributed by atoms with Gasteiger partial charge in [0.1, 0.15) is 6.04 Å². The molecule has 0 fully saturated rings. The van der Waals surface area contributed by atoms with Crippen LogP contribution in [0.4, 0.5) is 24.8 Å². The van der Waals surface area contributed by atoms with E-state index in [0.717, 1.165) is 12.1 Å². The molecule has 0 bridgehead atoms. The minimum absolute atomic E-state index is 0.211. The van der Waals surface area contributed by atoms with Gasteiger partial charge in [0.25, 0.3) is 5.91 Å². The first-order chi connectivity index (χ1) is 11.8. The van der Waals surface area contributed by atoms with Gasteiger partial charge in [-0.05, 0) is 18.4 Å². The Morgan fingerprint density at radius 2 is 2.12 bits per heavy atom. The molecule has 1 aliphatic heterocycles. The Kier molecular flexibility index (Phi) is 4.41. The number of carbonyl (C=O) groups is 2. The second-order valence-corrected chi connectivity index (χ2v) is 5.94. The molecule has 0 radical (unpaired) electrons. The van der Waals surface area contributed by atoms with Crippen molar-refractivity contribution >= 4 is 35.2 Å². The predicted octanol–water partition coefficient (Wildman–Crippen LogP) is 2.54. The Bertz CT molecular complexity index is 836. The monoisotopic (exact) mass is 371 g/mol. The van der Waals surface area contributed by atoms with E-state index in [2.05, 4.69) is 20.7 Å². The van der Waals surface area contributed by atoms with E-state index in [1.807, 2.05) is 0 Å². The number of amides is 2. The van der Waals surface area contributed by atoms with Gasteiger partial charge in [-0.1, -0.05) is 23.9 Å². The zero-order valence-electron chi connectivity index (χ0n) is 12.8. The first-order valence-electron chi connectivity index (χ1n) is 7.07. The number of fused-ring (bicyclic) bond motifs is 1. The van der Waals surface area contributed by atoms with Crippen LogP contribution < -0.4 is 10.6 Å². The van der Waals surface area contributed by atoms with Crippen LogP contribution in [-0.2, 0) is 15.8 Å². The molecule has 1 atom stereocenters. The van der Waals surface area contributed by atoms with Crippen molar-refractivity contribution in [2.24, 2.45) is 0 Å². The number of rotatable bonds is 4. The highest BCUT2D eigenvalue weighted by Crippen LogP contribution is 2.35. The molecule has 132 valence electrons. The van der Waals surface area contributed by atoms with Crippen LogP contribution >= 0.6 is 11.8 Å². The summed E-state index contributed by atoms with van der Waals surface area (Å²) in [5.41, 5.74) is -1.31. The van der Waals surface area contributed by atoms with Crippen molar-refractivity contribution in [1.29, 1.82) is 0 Å². The van der Waals surface area contributed by atoms with Crippen molar-refractivity contribution in [2.75, 3.05) is 16.9 Å². The van der Waals surface area contributed by atoms with Crippen LogP contribution in [0.25, 0.3) is 0 Å². The molecular formula is C14H12F3N5O2S. The number of nitrogens with one attached hydrogen (secondary N) is 2. The molecule has 3 rings (SSSR count). The summed E-state index contributed by atoms with van der Waals surface area (Å²) in [5.74, 6) is -1.00. The highest BCUT2D eigenvalue weighted by molar-refractivity contribution is 7.98. The quantitative estimate of drug-likeness (QED) is 0.807. The second kappa shape index (κ2) is 6.39. The average Bonchev–Trinajstić information content (AvgIpc) is 3.05. The number of anilines is 2. The third-order valence-corrected chi connectivity index (χ3v) is 4.05. The maximum Gasteiger partial charge on any atom is 0.418 e. The Hall–Kier alpha value is -2.56. The molecule has 0 spiro atoms. The number of thioether (sulfide) groups is 1. The van der Waals surface area contributed by atoms with Crippen LogP contribution in [0.3, 0.4) is 0 Å². The SMILES string of the molecule is CSc1nc2n(n1)[C@@H](CC(=O)Nc1ccccc1C(F)(F)F)C(=O)N2. The number of aromatic nitrogens is 3. The molecule has 2 heterocycles. The Morgan fingerprint density at radius 3 is 2.80 bits per heavy atom. The minimum Gasteiger partial charge on any atom is -0.325 e. The number of hydrogen-bond acceptors (Lipinski definition) is 5. The standard InChI is InChI=1S/C14H12F3N5O2S/c1-25-13-20-12-19-11(24)9(22(12)21-13)6-10(23)18-8-5-3-2-4-7(8)14(15,16)17/h2-5,9H,6H2,1H3,(H,18,23)(H,19,20,21,24)/t9-/m0/s1. The van der Waals surface area contributed by atoms with Crippen molar-refractivity contribution in [3.63, 3.8) is 0 Å². The van der Waals surface area contributed by atoms with E-state index in [0.29, 0.717) is 5.16 Å². The minimum atomic E-state index is -4.60. The van der Waals surface area contributed by atoms with Gasteiger partial charge < -0.3 is 5.32 Å². The average molecular weight is 371 g/mol. The molecule has 2 aromatic rings. The predicted molar refractivity (Wildman–Crippen MR) is 84.2 cm³/mol. The van der Waals surface area contributed by atoms with Gasteiger partial charge in [0.15, 0.2) is 0 Å². The third-order valence-electron chi connectivity index (χ3n) is 3.51. The summed E-state index contributed by atoms with van der Waals surface area (Å²) >= 11 is 1.26. The van der Waals surface area contributed by atoms with Crippen molar-refractivity contribution in [1.82, 2.24) is 14.8 Å². The van der Waals surface area contributed by atoms with Gasteiger partial charge in [0, 0.05) is 0 Å². The maximum absolute atomic E-state index is 13.0. The van der Waals surface area contributed by atoms with Crippen molar-refractivity contribution in [2.45, 2.75) is 23.8 Å². The van der Waals surface area contributed by atoms with E-state index in [4.69, 9.17) is 0 Å². The molecule has 0 saturated carbocycles. The van der Waals surface area contributed by atoms with Gasteiger partial charge in [0.05, 0.1) is 17.7 Å². The zero-order chi connectivity index (χ0) is 18.2. The Balaban J connectivity index is 1.76. The summed E-state index contributed by atoms with van der Waals surface area (Å²) in [6, 6.07) is 3.68. The molecular weight excluding hydrogens is 359 g/mol. The molecule has 1 aromatic heterocycles. The summed E-state index contributed by atoms with van der Waals surface area (Å²) in [4.78, 5) is 28.1. The molecule has 2 N–H and O–H groups in total. The van der Waals surface area contributed by atoms with E-state index in [9.17, 15) is 22.8 Å². The fraction of sp³-hybridized carbons (Fsp3) is 0.286. The van der Waals surface area contributed by atoms with Crippen molar-refractivity contribution in [3.8, 4) is 0 Å². The number of hydrogen-bond donors (Lipinski definition) is 2. The van der Waals surface area contributed by atoms with Crippen molar-refractivity contribution in [3.05, 3.63) is 29.8 Å². The Morgan fingerprint density at radius 1 is 1.40 bits per heavy atom. The van der Waals surface area contributed by atoms with E-state index in [1.54, 1.807) is 6.26 Å².